The lowest BCUT2D eigenvalue weighted by molar-refractivity contribution is 0.112. The molecule has 2 fully saturated rings. The summed E-state index contributed by atoms with van der Waals surface area (Å²) in [7, 11) is 0. The highest BCUT2D eigenvalue weighted by Gasteiger charge is 2.32. The van der Waals surface area contributed by atoms with E-state index in [0.29, 0.717) is 5.41 Å². The number of hydrogen-bond donors (Lipinski definition) is 1. The van der Waals surface area contributed by atoms with Gasteiger partial charge in [0, 0.05) is 32.4 Å². The predicted octanol–water partition coefficient (Wildman–Crippen LogP) is 1.41. The number of piperidine rings is 1. The molecule has 0 spiro atoms. The Bertz CT molecular complexity index is 388. The zero-order valence-electron chi connectivity index (χ0n) is 12.3. The van der Waals surface area contributed by atoms with Crippen LogP contribution in [-0.2, 0) is 6.54 Å². The first-order valence-electron chi connectivity index (χ1n) is 7.51. The van der Waals surface area contributed by atoms with Gasteiger partial charge in [0.15, 0.2) is 0 Å². The number of likely N-dealkylation sites (tertiary alicyclic amines) is 1. The molecule has 2 atom stereocenters. The summed E-state index contributed by atoms with van der Waals surface area (Å²) in [5.74, 6) is 0.730. The minimum atomic E-state index is 0. The summed E-state index contributed by atoms with van der Waals surface area (Å²) < 4.78 is 1.98. The maximum absolute atomic E-state index is 4.09. The minimum Gasteiger partial charge on any atom is -0.316 e. The van der Waals surface area contributed by atoms with E-state index in [1.165, 1.54) is 52.0 Å². The number of rotatable bonds is 4. The maximum Gasteiger partial charge on any atom is 0.0692 e. The third-order valence-electron chi connectivity index (χ3n) is 4.58. The molecular weight excluding hydrogens is 274 g/mol. The molecule has 0 bridgehead atoms. The summed E-state index contributed by atoms with van der Waals surface area (Å²) in [5.41, 5.74) is 0.481. The summed E-state index contributed by atoms with van der Waals surface area (Å²) in [6.07, 6.45) is 7.71. The molecule has 1 aromatic heterocycles. The van der Waals surface area contributed by atoms with Gasteiger partial charge in [0.1, 0.15) is 0 Å². The van der Waals surface area contributed by atoms with Crippen LogP contribution in [0.4, 0.5) is 0 Å². The molecule has 5 nitrogen and oxygen atoms in total. The first-order chi connectivity index (χ1) is 9.23. The summed E-state index contributed by atoms with van der Waals surface area (Å²) in [4.78, 5) is 2.66. The molecule has 0 aromatic carbocycles. The highest BCUT2D eigenvalue weighted by atomic mass is 35.5. The van der Waals surface area contributed by atoms with Gasteiger partial charge in [-0.1, -0.05) is 12.1 Å². The fourth-order valence-corrected chi connectivity index (χ4v) is 3.58. The van der Waals surface area contributed by atoms with E-state index in [2.05, 4.69) is 27.5 Å². The molecule has 20 heavy (non-hydrogen) atoms. The second-order valence-corrected chi connectivity index (χ2v) is 6.61. The molecule has 0 saturated carbocycles. The van der Waals surface area contributed by atoms with Crippen LogP contribution in [0, 0.1) is 11.3 Å². The van der Waals surface area contributed by atoms with E-state index in [9.17, 15) is 0 Å². The highest BCUT2D eigenvalue weighted by Crippen LogP contribution is 2.28. The topological polar surface area (TPSA) is 46.0 Å². The van der Waals surface area contributed by atoms with Crippen LogP contribution in [0.5, 0.6) is 0 Å². The van der Waals surface area contributed by atoms with Crippen LogP contribution in [0.1, 0.15) is 26.2 Å². The van der Waals surface area contributed by atoms with E-state index in [-0.39, 0.29) is 12.4 Å². The average Bonchev–Trinajstić information content (AvgIpc) is 3.02. The second-order valence-electron chi connectivity index (χ2n) is 6.61. The van der Waals surface area contributed by atoms with Crippen molar-refractivity contribution in [2.75, 3.05) is 32.7 Å². The summed E-state index contributed by atoms with van der Waals surface area (Å²) >= 11 is 0. The predicted molar refractivity (Wildman–Crippen MR) is 82.0 cm³/mol. The van der Waals surface area contributed by atoms with Gasteiger partial charge in [-0.3, -0.25) is 4.68 Å². The molecule has 114 valence electrons. The van der Waals surface area contributed by atoms with Crippen molar-refractivity contribution in [1.29, 1.82) is 0 Å². The number of nitrogens with zero attached hydrogens (tertiary/aromatic N) is 4. The van der Waals surface area contributed by atoms with Crippen molar-refractivity contribution in [3.63, 3.8) is 0 Å². The lowest BCUT2D eigenvalue weighted by atomic mass is 9.87. The molecule has 3 heterocycles. The first kappa shape index (κ1) is 15.7. The van der Waals surface area contributed by atoms with Gasteiger partial charge in [-0.15, -0.1) is 17.5 Å². The van der Waals surface area contributed by atoms with Crippen LogP contribution in [0.3, 0.4) is 0 Å². The van der Waals surface area contributed by atoms with Gasteiger partial charge in [0.2, 0.25) is 0 Å². The van der Waals surface area contributed by atoms with Crippen LogP contribution in [-0.4, -0.2) is 52.6 Å². The van der Waals surface area contributed by atoms with E-state index >= 15 is 0 Å². The Morgan fingerprint density at radius 1 is 1.45 bits per heavy atom. The van der Waals surface area contributed by atoms with E-state index in [4.69, 9.17) is 0 Å². The van der Waals surface area contributed by atoms with Gasteiger partial charge in [0.25, 0.3) is 0 Å². The standard InChI is InChI=1S/C14H25N5.ClH/c1-14(4-5-15-11-14)12-18-7-2-3-13(9-18)10-19-8-6-16-17-19;/h6,8,13,15H,2-5,7,9-12H2,1H3;1H. The quantitative estimate of drug-likeness (QED) is 0.913. The smallest absolute Gasteiger partial charge is 0.0692 e. The summed E-state index contributed by atoms with van der Waals surface area (Å²) in [5, 5.41) is 11.5. The lowest BCUT2D eigenvalue weighted by Crippen LogP contribution is -2.43. The molecule has 2 aliphatic rings. The molecule has 1 N–H and O–H groups in total. The Hall–Kier alpha value is -0.650. The van der Waals surface area contributed by atoms with Crippen LogP contribution in [0.2, 0.25) is 0 Å². The lowest BCUT2D eigenvalue weighted by Gasteiger charge is -2.37. The van der Waals surface area contributed by atoms with Gasteiger partial charge in [0.05, 0.1) is 6.20 Å². The Kier molecular flexibility index (Phi) is 5.41. The second kappa shape index (κ2) is 6.87. The van der Waals surface area contributed by atoms with E-state index in [1.807, 2.05) is 10.9 Å². The van der Waals surface area contributed by atoms with Crippen molar-refractivity contribution >= 4 is 12.4 Å². The monoisotopic (exact) mass is 299 g/mol. The molecule has 1 aromatic rings. The van der Waals surface area contributed by atoms with E-state index < -0.39 is 0 Å². The third kappa shape index (κ3) is 3.93. The first-order valence-corrected chi connectivity index (χ1v) is 7.51. The van der Waals surface area contributed by atoms with Crippen LogP contribution < -0.4 is 5.32 Å². The molecule has 3 rings (SSSR count). The van der Waals surface area contributed by atoms with Crippen LogP contribution >= 0.6 is 12.4 Å². The largest absolute Gasteiger partial charge is 0.316 e. The molecule has 6 heteroatoms. The molecular formula is C14H26ClN5. The third-order valence-corrected chi connectivity index (χ3v) is 4.58. The Labute approximate surface area is 127 Å². The molecule has 2 aliphatic heterocycles. The van der Waals surface area contributed by atoms with Gasteiger partial charge < -0.3 is 10.2 Å². The maximum atomic E-state index is 4.09. The van der Waals surface area contributed by atoms with Gasteiger partial charge in [-0.2, -0.15) is 0 Å². The molecule has 0 aliphatic carbocycles. The number of hydrogen-bond acceptors (Lipinski definition) is 4. The van der Waals surface area contributed by atoms with Crippen molar-refractivity contribution in [3.8, 4) is 0 Å². The molecule has 2 unspecified atom stereocenters. The minimum absolute atomic E-state index is 0. The van der Waals surface area contributed by atoms with Gasteiger partial charge in [-0.25, -0.2) is 0 Å². The van der Waals surface area contributed by atoms with E-state index in [1.54, 1.807) is 6.20 Å². The molecule has 0 amide bonds. The SMILES string of the molecule is CC1(CN2CCCC(Cn3ccnn3)C2)CCNC1.Cl. The van der Waals surface area contributed by atoms with Crippen molar-refractivity contribution in [2.24, 2.45) is 11.3 Å². The van der Waals surface area contributed by atoms with Crippen molar-refractivity contribution < 1.29 is 0 Å². The number of aromatic nitrogens is 3. The van der Waals surface area contributed by atoms with Gasteiger partial charge >= 0.3 is 0 Å². The highest BCUT2D eigenvalue weighted by molar-refractivity contribution is 5.85. The Morgan fingerprint density at radius 2 is 2.35 bits per heavy atom. The normalized spacial score (nSPS) is 31.1. The zero-order chi connectivity index (χ0) is 13.1. The fourth-order valence-electron chi connectivity index (χ4n) is 3.58. The van der Waals surface area contributed by atoms with Crippen LogP contribution in [0.15, 0.2) is 12.4 Å². The van der Waals surface area contributed by atoms with Crippen LogP contribution in [0.25, 0.3) is 0 Å². The Balaban J connectivity index is 0.00000147. The fraction of sp³-hybridized carbons (Fsp3) is 0.857. The molecule has 2 saturated heterocycles. The summed E-state index contributed by atoms with van der Waals surface area (Å²) in [6.45, 7) is 9.54. The number of halogens is 1. The molecule has 0 radical (unpaired) electrons. The average molecular weight is 300 g/mol. The van der Waals surface area contributed by atoms with Gasteiger partial charge in [-0.05, 0) is 43.7 Å². The van der Waals surface area contributed by atoms with Crippen molar-refractivity contribution in [2.45, 2.75) is 32.7 Å². The van der Waals surface area contributed by atoms with E-state index in [0.717, 1.165) is 12.5 Å². The van der Waals surface area contributed by atoms with Crippen molar-refractivity contribution in [3.05, 3.63) is 12.4 Å². The van der Waals surface area contributed by atoms with Crippen molar-refractivity contribution in [1.82, 2.24) is 25.2 Å². The summed E-state index contributed by atoms with van der Waals surface area (Å²) in [6, 6.07) is 0. The Morgan fingerprint density at radius 3 is 3.05 bits per heavy atom. The number of nitrogens with one attached hydrogen (secondary N) is 1. The zero-order valence-corrected chi connectivity index (χ0v) is 13.1.